The maximum absolute atomic E-state index is 9.30. The molecule has 0 radical (unpaired) electrons. The van der Waals surface area contributed by atoms with E-state index in [2.05, 4.69) is 53.9 Å². The molecule has 23 heavy (non-hydrogen) atoms. The minimum Gasteiger partial charge on any atom is -0.388 e. The van der Waals surface area contributed by atoms with E-state index in [4.69, 9.17) is 0 Å². The van der Waals surface area contributed by atoms with E-state index < -0.39 is 0 Å². The van der Waals surface area contributed by atoms with E-state index in [1.165, 1.54) is 40.8 Å². The molecule has 1 saturated heterocycles. The second-order valence-corrected chi connectivity index (χ2v) is 6.07. The van der Waals surface area contributed by atoms with Crippen LogP contribution in [-0.2, 0) is 0 Å². The predicted molar refractivity (Wildman–Crippen MR) is 94.4 cm³/mol. The standard InChI is InChI=1S/C21H18N2/c22-14-15-8-9-17-11-10-16-5-1-2-6-18(16)21(19(17)13-15)20-7-3-4-12-23-20/h1-2,5-6,8-11,13,23H,3-4,7,12H2. The zero-order valence-corrected chi connectivity index (χ0v) is 13.0. The number of hydrogen-bond donors (Lipinski definition) is 1. The summed E-state index contributed by atoms with van der Waals surface area (Å²) in [5.41, 5.74) is 8.11. The minimum absolute atomic E-state index is 0.713. The fraction of sp³-hybridized carbons (Fsp3) is 0.190. The Hall–Kier alpha value is -2.79. The molecule has 1 fully saturated rings. The van der Waals surface area contributed by atoms with Gasteiger partial charge >= 0.3 is 0 Å². The lowest BCUT2D eigenvalue weighted by Crippen LogP contribution is -2.21. The van der Waals surface area contributed by atoms with Crippen molar-refractivity contribution in [2.75, 3.05) is 6.54 Å². The van der Waals surface area contributed by atoms with Crippen molar-refractivity contribution in [2.45, 2.75) is 19.3 Å². The third-order valence-corrected chi connectivity index (χ3v) is 4.62. The number of fused-ring (bicyclic) bond motifs is 2. The van der Waals surface area contributed by atoms with Crippen LogP contribution < -0.4 is 5.32 Å². The van der Waals surface area contributed by atoms with Crippen molar-refractivity contribution in [1.29, 1.82) is 5.26 Å². The van der Waals surface area contributed by atoms with Gasteiger partial charge in [0.25, 0.3) is 0 Å². The number of allylic oxidation sites excluding steroid dienone is 1. The van der Waals surface area contributed by atoms with Gasteiger partial charge in [0.15, 0.2) is 0 Å². The lowest BCUT2D eigenvalue weighted by molar-refractivity contribution is 0.590. The Bertz CT molecular complexity index is 858. The zero-order chi connectivity index (χ0) is 15.6. The van der Waals surface area contributed by atoms with E-state index in [1.807, 2.05) is 12.1 Å². The van der Waals surface area contributed by atoms with Crippen LogP contribution in [0.5, 0.6) is 0 Å². The van der Waals surface area contributed by atoms with E-state index in [0.29, 0.717) is 5.56 Å². The fourth-order valence-electron chi connectivity index (χ4n) is 3.48. The molecular weight excluding hydrogens is 280 g/mol. The van der Waals surface area contributed by atoms with Gasteiger partial charge in [-0.25, -0.2) is 0 Å². The van der Waals surface area contributed by atoms with Gasteiger partial charge in [-0.1, -0.05) is 42.5 Å². The van der Waals surface area contributed by atoms with Gasteiger partial charge in [-0.3, -0.25) is 0 Å². The molecule has 0 atom stereocenters. The maximum Gasteiger partial charge on any atom is 0.0991 e. The lowest BCUT2D eigenvalue weighted by atomic mass is 9.89. The van der Waals surface area contributed by atoms with Gasteiger partial charge in [0.1, 0.15) is 0 Å². The summed E-state index contributed by atoms with van der Waals surface area (Å²) < 4.78 is 0. The molecule has 2 aromatic carbocycles. The van der Waals surface area contributed by atoms with E-state index in [9.17, 15) is 5.26 Å². The molecule has 1 N–H and O–H groups in total. The van der Waals surface area contributed by atoms with Crippen LogP contribution in [0.25, 0.3) is 17.7 Å². The smallest absolute Gasteiger partial charge is 0.0991 e. The van der Waals surface area contributed by atoms with Gasteiger partial charge < -0.3 is 5.32 Å². The predicted octanol–water partition coefficient (Wildman–Crippen LogP) is 4.57. The van der Waals surface area contributed by atoms with Crippen molar-refractivity contribution < 1.29 is 0 Å². The summed E-state index contributed by atoms with van der Waals surface area (Å²) in [6, 6.07) is 16.8. The molecule has 1 aliphatic carbocycles. The van der Waals surface area contributed by atoms with Crippen LogP contribution in [-0.4, -0.2) is 6.54 Å². The number of hydrogen-bond acceptors (Lipinski definition) is 2. The van der Waals surface area contributed by atoms with Crippen LogP contribution in [0.15, 0.2) is 48.2 Å². The Morgan fingerprint density at radius 3 is 2.52 bits per heavy atom. The normalized spacial score (nSPS) is 19.1. The first-order valence-corrected chi connectivity index (χ1v) is 8.16. The summed E-state index contributed by atoms with van der Waals surface area (Å²) in [4.78, 5) is 0. The number of benzene rings is 2. The van der Waals surface area contributed by atoms with Gasteiger partial charge in [0, 0.05) is 17.8 Å². The minimum atomic E-state index is 0.713. The number of nitrogens with one attached hydrogen (secondary N) is 1. The van der Waals surface area contributed by atoms with Crippen molar-refractivity contribution in [2.24, 2.45) is 0 Å². The molecule has 2 aliphatic rings. The molecule has 2 heteroatoms. The molecule has 0 spiro atoms. The molecule has 0 bridgehead atoms. The van der Waals surface area contributed by atoms with Crippen LogP contribution in [0.1, 0.15) is 47.1 Å². The number of rotatable bonds is 0. The Balaban J connectivity index is 2.03. The number of nitriles is 1. The Labute approximate surface area is 136 Å². The molecule has 2 nitrogen and oxygen atoms in total. The molecule has 0 amide bonds. The highest BCUT2D eigenvalue weighted by atomic mass is 14.9. The van der Waals surface area contributed by atoms with Crippen molar-refractivity contribution in [3.05, 3.63) is 76.0 Å². The van der Waals surface area contributed by atoms with Crippen LogP contribution >= 0.6 is 0 Å². The Morgan fingerprint density at radius 1 is 0.913 bits per heavy atom. The van der Waals surface area contributed by atoms with Gasteiger partial charge in [0.05, 0.1) is 11.6 Å². The molecule has 1 aliphatic heterocycles. The molecule has 4 rings (SSSR count). The average molecular weight is 298 g/mol. The van der Waals surface area contributed by atoms with Crippen molar-refractivity contribution in [1.82, 2.24) is 5.32 Å². The number of piperidine rings is 1. The molecule has 2 aromatic rings. The van der Waals surface area contributed by atoms with E-state index in [-0.39, 0.29) is 0 Å². The highest BCUT2D eigenvalue weighted by molar-refractivity contribution is 5.95. The summed E-state index contributed by atoms with van der Waals surface area (Å²) in [7, 11) is 0. The third-order valence-electron chi connectivity index (χ3n) is 4.62. The van der Waals surface area contributed by atoms with Crippen LogP contribution in [0.4, 0.5) is 0 Å². The second-order valence-electron chi connectivity index (χ2n) is 6.07. The lowest BCUT2D eigenvalue weighted by Gasteiger charge is -2.23. The van der Waals surface area contributed by atoms with Crippen LogP contribution in [0, 0.1) is 11.3 Å². The summed E-state index contributed by atoms with van der Waals surface area (Å²) in [5.74, 6) is 0. The topological polar surface area (TPSA) is 35.8 Å². The third kappa shape index (κ3) is 2.45. The largest absolute Gasteiger partial charge is 0.388 e. The summed E-state index contributed by atoms with van der Waals surface area (Å²) in [5, 5.41) is 12.9. The molecular formula is C21H18N2. The first-order valence-electron chi connectivity index (χ1n) is 8.16. The highest BCUT2D eigenvalue weighted by Crippen LogP contribution is 2.37. The quantitative estimate of drug-likeness (QED) is 0.659. The highest BCUT2D eigenvalue weighted by Gasteiger charge is 2.20. The van der Waals surface area contributed by atoms with E-state index >= 15 is 0 Å². The first-order chi connectivity index (χ1) is 11.4. The number of nitrogens with zero attached hydrogens (tertiary/aromatic N) is 1. The van der Waals surface area contributed by atoms with E-state index in [0.717, 1.165) is 18.5 Å². The molecule has 0 saturated carbocycles. The maximum atomic E-state index is 9.30. The summed E-state index contributed by atoms with van der Waals surface area (Å²) >= 11 is 0. The van der Waals surface area contributed by atoms with Crippen LogP contribution in [0.3, 0.4) is 0 Å². The van der Waals surface area contributed by atoms with Gasteiger partial charge in [0.2, 0.25) is 0 Å². The summed E-state index contributed by atoms with van der Waals surface area (Å²) in [6.07, 6.45) is 7.85. The molecule has 0 aromatic heterocycles. The second kappa shape index (κ2) is 5.78. The van der Waals surface area contributed by atoms with Crippen molar-refractivity contribution in [3.63, 3.8) is 0 Å². The fourth-order valence-corrected chi connectivity index (χ4v) is 3.48. The van der Waals surface area contributed by atoms with Gasteiger partial charge in [-0.2, -0.15) is 5.26 Å². The van der Waals surface area contributed by atoms with Gasteiger partial charge in [-0.05, 0) is 53.6 Å². The van der Waals surface area contributed by atoms with Crippen molar-refractivity contribution in [3.8, 4) is 6.07 Å². The molecule has 1 heterocycles. The van der Waals surface area contributed by atoms with Crippen molar-refractivity contribution >= 4 is 17.7 Å². The zero-order valence-electron chi connectivity index (χ0n) is 13.0. The van der Waals surface area contributed by atoms with Crippen LogP contribution in [0.2, 0.25) is 0 Å². The average Bonchev–Trinajstić information content (AvgIpc) is 2.78. The first kappa shape index (κ1) is 13.8. The molecule has 112 valence electrons. The summed E-state index contributed by atoms with van der Waals surface area (Å²) in [6.45, 7) is 1.03. The van der Waals surface area contributed by atoms with Gasteiger partial charge in [-0.15, -0.1) is 0 Å². The molecule has 0 unspecified atom stereocenters. The Morgan fingerprint density at radius 2 is 1.74 bits per heavy atom. The van der Waals surface area contributed by atoms with E-state index in [1.54, 1.807) is 0 Å². The SMILES string of the molecule is N#Cc1ccc2c(c1)C(=C1CCCCN1)c1ccccc1C=C2. The Kier molecular flexibility index (Phi) is 3.48. The monoisotopic (exact) mass is 298 g/mol.